The fourth-order valence-corrected chi connectivity index (χ4v) is 3.05. The molecule has 25 heavy (non-hydrogen) atoms. The third-order valence-electron chi connectivity index (χ3n) is 4.50. The molecule has 0 bridgehead atoms. The first-order valence-corrected chi connectivity index (χ1v) is 8.89. The molecule has 136 valence electrons. The summed E-state index contributed by atoms with van der Waals surface area (Å²) in [7, 11) is 1.78. The molecular weight excluding hydrogens is 314 g/mol. The Morgan fingerprint density at radius 1 is 1.32 bits per heavy atom. The van der Waals surface area contributed by atoms with E-state index in [2.05, 4.69) is 40.4 Å². The highest BCUT2D eigenvalue weighted by atomic mass is 16.5. The van der Waals surface area contributed by atoms with Crippen molar-refractivity contribution in [1.29, 1.82) is 5.26 Å². The quantitative estimate of drug-likeness (QED) is 0.606. The van der Waals surface area contributed by atoms with Gasteiger partial charge >= 0.3 is 0 Å². The Hall–Kier alpha value is -2.10. The van der Waals surface area contributed by atoms with E-state index < -0.39 is 0 Å². The van der Waals surface area contributed by atoms with Crippen molar-refractivity contribution in [3.05, 3.63) is 35.4 Å². The molecule has 2 rings (SSSR count). The molecule has 2 N–H and O–H groups in total. The third-order valence-corrected chi connectivity index (χ3v) is 4.50. The maximum Gasteiger partial charge on any atom is 0.191 e. The van der Waals surface area contributed by atoms with E-state index in [1.165, 1.54) is 0 Å². The van der Waals surface area contributed by atoms with Crippen LogP contribution < -0.4 is 10.6 Å². The molecule has 0 aromatic heterocycles. The van der Waals surface area contributed by atoms with Crippen LogP contribution in [0.25, 0.3) is 0 Å². The average molecular weight is 343 g/mol. The number of guanidine groups is 1. The second-order valence-corrected chi connectivity index (χ2v) is 6.58. The van der Waals surface area contributed by atoms with Crippen molar-refractivity contribution in [2.45, 2.75) is 26.4 Å². The van der Waals surface area contributed by atoms with Gasteiger partial charge in [0.05, 0.1) is 24.8 Å². The number of aliphatic imine (C=N–C) groups is 1. The molecule has 1 unspecified atom stereocenters. The van der Waals surface area contributed by atoms with Crippen LogP contribution in [-0.2, 0) is 11.3 Å². The van der Waals surface area contributed by atoms with E-state index in [1.807, 2.05) is 24.3 Å². The molecule has 1 saturated heterocycles. The van der Waals surface area contributed by atoms with Gasteiger partial charge in [-0.05, 0) is 23.6 Å². The number of ether oxygens (including phenoxy) is 1. The highest BCUT2D eigenvalue weighted by Gasteiger charge is 2.23. The SMILES string of the molecule is CN=C(NCc1cccc(C#N)c1)NCC(C(C)C)N1CCOCC1. The number of nitriles is 1. The molecule has 0 saturated carbocycles. The molecule has 0 aliphatic carbocycles. The van der Waals surface area contributed by atoms with Crippen LogP contribution in [0.3, 0.4) is 0 Å². The van der Waals surface area contributed by atoms with E-state index in [9.17, 15) is 0 Å². The summed E-state index contributed by atoms with van der Waals surface area (Å²) < 4.78 is 5.46. The van der Waals surface area contributed by atoms with E-state index in [1.54, 1.807) is 7.05 Å². The zero-order chi connectivity index (χ0) is 18.1. The maximum atomic E-state index is 8.99. The lowest BCUT2D eigenvalue weighted by molar-refractivity contribution is 0.00752. The summed E-state index contributed by atoms with van der Waals surface area (Å²) in [6, 6.07) is 10.2. The van der Waals surface area contributed by atoms with Crippen molar-refractivity contribution in [2.24, 2.45) is 10.9 Å². The molecule has 1 aromatic rings. The number of nitrogens with zero attached hydrogens (tertiary/aromatic N) is 3. The highest BCUT2D eigenvalue weighted by Crippen LogP contribution is 2.12. The fourth-order valence-electron chi connectivity index (χ4n) is 3.05. The standard InChI is InChI=1S/C19H29N5O/c1-15(2)18(24-7-9-25-10-8-24)14-23-19(21-3)22-13-17-6-4-5-16(11-17)12-20/h4-6,11,15,18H,7-10,13-14H2,1-3H3,(H2,21,22,23). The van der Waals surface area contributed by atoms with E-state index in [-0.39, 0.29) is 0 Å². The summed E-state index contributed by atoms with van der Waals surface area (Å²) in [6.45, 7) is 9.58. The van der Waals surface area contributed by atoms with Gasteiger partial charge in [-0.1, -0.05) is 26.0 Å². The molecule has 0 amide bonds. The van der Waals surface area contributed by atoms with E-state index in [0.29, 0.717) is 24.1 Å². The summed E-state index contributed by atoms with van der Waals surface area (Å²) in [5.74, 6) is 1.33. The van der Waals surface area contributed by atoms with Crippen LogP contribution in [0, 0.1) is 17.2 Å². The van der Waals surface area contributed by atoms with Crippen molar-refractivity contribution in [2.75, 3.05) is 39.9 Å². The van der Waals surface area contributed by atoms with Gasteiger partial charge in [0.1, 0.15) is 0 Å². The first-order valence-electron chi connectivity index (χ1n) is 8.89. The summed E-state index contributed by atoms with van der Waals surface area (Å²) in [5.41, 5.74) is 1.74. The van der Waals surface area contributed by atoms with Crippen LogP contribution in [0.5, 0.6) is 0 Å². The van der Waals surface area contributed by atoms with Crippen LogP contribution in [0.4, 0.5) is 0 Å². The molecule has 6 heteroatoms. The lowest BCUT2D eigenvalue weighted by Crippen LogP contribution is -2.52. The summed E-state index contributed by atoms with van der Waals surface area (Å²) >= 11 is 0. The minimum Gasteiger partial charge on any atom is -0.379 e. The van der Waals surface area contributed by atoms with Crippen molar-refractivity contribution in [1.82, 2.24) is 15.5 Å². The Kier molecular flexibility index (Phi) is 7.71. The van der Waals surface area contributed by atoms with Gasteiger partial charge < -0.3 is 15.4 Å². The summed E-state index contributed by atoms with van der Waals surface area (Å²) in [4.78, 5) is 6.80. The van der Waals surface area contributed by atoms with Gasteiger partial charge in [-0.2, -0.15) is 5.26 Å². The minimum atomic E-state index is 0.448. The van der Waals surface area contributed by atoms with Crippen molar-refractivity contribution in [3.8, 4) is 6.07 Å². The molecule has 1 aromatic carbocycles. The zero-order valence-corrected chi connectivity index (χ0v) is 15.5. The van der Waals surface area contributed by atoms with Crippen LogP contribution >= 0.6 is 0 Å². The molecule has 1 heterocycles. The normalized spacial score (nSPS) is 17.2. The summed E-state index contributed by atoms with van der Waals surface area (Å²) in [6.07, 6.45) is 0. The maximum absolute atomic E-state index is 8.99. The number of hydrogen-bond acceptors (Lipinski definition) is 4. The molecule has 1 fully saturated rings. The molecule has 1 aliphatic heterocycles. The summed E-state index contributed by atoms with van der Waals surface area (Å²) in [5, 5.41) is 15.7. The Labute approximate surface area is 150 Å². The fraction of sp³-hybridized carbons (Fsp3) is 0.579. The molecule has 1 aliphatic rings. The second-order valence-electron chi connectivity index (χ2n) is 6.58. The molecular formula is C19H29N5O. The third kappa shape index (κ3) is 6.04. The zero-order valence-electron chi connectivity index (χ0n) is 15.5. The number of benzene rings is 1. The lowest BCUT2D eigenvalue weighted by Gasteiger charge is -2.37. The van der Waals surface area contributed by atoms with Crippen LogP contribution in [0.15, 0.2) is 29.3 Å². The number of morpholine rings is 1. The predicted molar refractivity (Wildman–Crippen MR) is 100 cm³/mol. The predicted octanol–water partition coefficient (Wildman–Crippen LogP) is 1.58. The minimum absolute atomic E-state index is 0.448. The average Bonchev–Trinajstić information content (AvgIpc) is 2.65. The van der Waals surface area contributed by atoms with E-state index in [4.69, 9.17) is 10.00 Å². The molecule has 0 spiro atoms. The van der Waals surface area contributed by atoms with Gasteiger partial charge in [0.15, 0.2) is 5.96 Å². The van der Waals surface area contributed by atoms with Crippen molar-refractivity contribution in [3.63, 3.8) is 0 Å². The monoisotopic (exact) mass is 343 g/mol. The van der Waals surface area contributed by atoms with Gasteiger partial charge in [-0.15, -0.1) is 0 Å². The largest absolute Gasteiger partial charge is 0.379 e. The van der Waals surface area contributed by atoms with E-state index >= 15 is 0 Å². The van der Waals surface area contributed by atoms with Gasteiger partial charge in [-0.3, -0.25) is 9.89 Å². The molecule has 1 atom stereocenters. The van der Waals surface area contributed by atoms with E-state index in [0.717, 1.165) is 44.4 Å². The smallest absolute Gasteiger partial charge is 0.191 e. The number of nitrogens with one attached hydrogen (secondary N) is 2. The highest BCUT2D eigenvalue weighted by molar-refractivity contribution is 5.79. The van der Waals surface area contributed by atoms with Crippen molar-refractivity contribution >= 4 is 5.96 Å². The van der Waals surface area contributed by atoms with Gasteiger partial charge in [-0.25, -0.2) is 0 Å². The van der Waals surface area contributed by atoms with Crippen LogP contribution in [0.2, 0.25) is 0 Å². The van der Waals surface area contributed by atoms with Gasteiger partial charge in [0.25, 0.3) is 0 Å². The van der Waals surface area contributed by atoms with Crippen molar-refractivity contribution < 1.29 is 4.74 Å². The van der Waals surface area contributed by atoms with Crippen LogP contribution in [-0.4, -0.2) is 56.8 Å². The van der Waals surface area contributed by atoms with Gasteiger partial charge in [0.2, 0.25) is 0 Å². The Morgan fingerprint density at radius 3 is 2.72 bits per heavy atom. The van der Waals surface area contributed by atoms with Crippen LogP contribution in [0.1, 0.15) is 25.0 Å². The molecule has 6 nitrogen and oxygen atoms in total. The molecule has 0 radical (unpaired) electrons. The number of rotatable bonds is 6. The Balaban J connectivity index is 1.86. The first-order chi connectivity index (χ1) is 12.1. The Morgan fingerprint density at radius 2 is 2.08 bits per heavy atom. The second kappa shape index (κ2) is 10.0. The van der Waals surface area contributed by atoms with Gasteiger partial charge in [0, 0.05) is 39.3 Å². The first kappa shape index (κ1) is 19.2. The lowest BCUT2D eigenvalue weighted by atomic mass is 10.0. The number of hydrogen-bond donors (Lipinski definition) is 2. The Bertz CT molecular complexity index is 602. The topological polar surface area (TPSA) is 72.7 Å².